The van der Waals surface area contributed by atoms with Crippen molar-refractivity contribution >= 4 is 5.57 Å². The van der Waals surface area contributed by atoms with E-state index in [0.29, 0.717) is 12.1 Å². The first-order valence-electron chi connectivity index (χ1n) is 7.63. The highest BCUT2D eigenvalue weighted by Gasteiger charge is 2.17. The van der Waals surface area contributed by atoms with Crippen LogP contribution in [0.25, 0.3) is 5.57 Å². The molecule has 114 valence electrons. The SMILES string of the molecule is OC(CN1CC=C(c2ccccc2)CC1)c1cccc(F)c1. The van der Waals surface area contributed by atoms with E-state index in [1.807, 2.05) is 6.07 Å². The minimum absolute atomic E-state index is 0.304. The topological polar surface area (TPSA) is 23.5 Å². The second-order valence-electron chi connectivity index (χ2n) is 5.68. The molecule has 1 aliphatic heterocycles. The molecule has 0 aliphatic carbocycles. The van der Waals surface area contributed by atoms with Gasteiger partial charge in [0.05, 0.1) is 6.10 Å². The largest absolute Gasteiger partial charge is 0.387 e. The number of benzene rings is 2. The van der Waals surface area contributed by atoms with Crippen LogP contribution >= 0.6 is 0 Å². The predicted octanol–water partition coefficient (Wildman–Crippen LogP) is 3.65. The lowest BCUT2D eigenvalue weighted by Crippen LogP contribution is -2.32. The van der Waals surface area contributed by atoms with Crippen molar-refractivity contribution in [3.05, 3.63) is 77.6 Å². The molecule has 0 saturated carbocycles. The van der Waals surface area contributed by atoms with Gasteiger partial charge in [0.1, 0.15) is 5.82 Å². The van der Waals surface area contributed by atoms with Crippen LogP contribution in [0.3, 0.4) is 0 Å². The summed E-state index contributed by atoms with van der Waals surface area (Å²) < 4.78 is 13.2. The Labute approximate surface area is 130 Å². The zero-order valence-electron chi connectivity index (χ0n) is 12.5. The van der Waals surface area contributed by atoms with Crippen LogP contribution in [0.15, 0.2) is 60.7 Å². The fourth-order valence-electron chi connectivity index (χ4n) is 2.86. The molecule has 0 fully saturated rings. The van der Waals surface area contributed by atoms with Crippen LogP contribution in [0.1, 0.15) is 23.7 Å². The molecule has 1 atom stereocenters. The summed E-state index contributed by atoms with van der Waals surface area (Å²) in [6.07, 6.45) is 2.54. The molecule has 2 aromatic carbocycles. The predicted molar refractivity (Wildman–Crippen MR) is 86.8 cm³/mol. The van der Waals surface area contributed by atoms with Crippen molar-refractivity contribution < 1.29 is 9.50 Å². The smallest absolute Gasteiger partial charge is 0.123 e. The molecule has 0 spiro atoms. The minimum Gasteiger partial charge on any atom is -0.387 e. The van der Waals surface area contributed by atoms with Gasteiger partial charge >= 0.3 is 0 Å². The van der Waals surface area contributed by atoms with E-state index >= 15 is 0 Å². The van der Waals surface area contributed by atoms with Gasteiger partial charge in [-0.15, -0.1) is 0 Å². The molecule has 0 aromatic heterocycles. The Morgan fingerprint density at radius 2 is 1.91 bits per heavy atom. The molecular weight excluding hydrogens is 277 g/mol. The summed E-state index contributed by atoms with van der Waals surface area (Å²) in [5, 5.41) is 10.3. The van der Waals surface area contributed by atoms with Crippen molar-refractivity contribution in [2.75, 3.05) is 19.6 Å². The molecule has 1 aliphatic rings. The molecule has 3 heteroatoms. The summed E-state index contributed by atoms with van der Waals surface area (Å²) >= 11 is 0. The standard InChI is InChI=1S/C19H20FNO/c20-18-8-4-7-17(13-18)19(22)14-21-11-9-16(10-12-21)15-5-2-1-3-6-15/h1-9,13,19,22H,10-12,14H2. The third-order valence-corrected chi connectivity index (χ3v) is 4.10. The zero-order valence-corrected chi connectivity index (χ0v) is 12.5. The van der Waals surface area contributed by atoms with E-state index in [1.165, 1.54) is 23.3 Å². The van der Waals surface area contributed by atoms with Gasteiger partial charge in [0, 0.05) is 19.6 Å². The average Bonchev–Trinajstić information content (AvgIpc) is 2.56. The van der Waals surface area contributed by atoms with Gasteiger partial charge in [-0.1, -0.05) is 48.5 Å². The molecule has 1 N–H and O–H groups in total. The first kappa shape index (κ1) is 14.9. The molecule has 0 amide bonds. The minimum atomic E-state index is -0.651. The van der Waals surface area contributed by atoms with E-state index in [2.05, 4.69) is 35.2 Å². The third kappa shape index (κ3) is 3.62. The first-order valence-corrected chi connectivity index (χ1v) is 7.63. The first-order chi connectivity index (χ1) is 10.7. The van der Waals surface area contributed by atoms with E-state index in [-0.39, 0.29) is 5.82 Å². The van der Waals surface area contributed by atoms with Crippen LogP contribution in [0.5, 0.6) is 0 Å². The molecule has 2 nitrogen and oxygen atoms in total. The van der Waals surface area contributed by atoms with Crippen LogP contribution in [-0.2, 0) is 0 Å². The summed E-state index contributed by atoms with van der Waals surface area (Å²) in [6.45, 7) is 2.26. The maximum Gasteiger partial charge on any atom is 0.123 e. The Morgan fingerprint density at radius 3 is 2.59 bits per heavy atom. The molecule has 0 saturated heterocycles. The van der Waals surface area contributed by atoms with Crippen molar-refractivity contribution in [1.29, 1.82) is 0 Å². The maximum atomic E-state index is 13.2. The normalized spacial score (nSPS) is 17.1. The van der Waals surface area contributed by atoms with Crippen molar-refractivity contribution in [2.24, 2.45) is 0 Å². The van der Waals surface area contributed by atoms with Crippen LogP contribution in [0.2, 0.25) is 0 Å². The average molecular weight is 297 g/mol. The number of β-amino-alcohol motifs (C(OH)–C–C–N with tert-alkyl or cyclic N) is 1. The monoisotopic (exact) mass is 297 g/mol. The highest BCUT2D eigenvalue weighted by atomic mass is 19.1. The van der Waals surface area contributed by atoms with Crippen LogP contribution < -0.4 is 0 Å². The Balaban J connectivity index is 1.61. The lowest BCUT2D eigenvalue weighted by molar-refractivity contribution is 0.119. The molecule has 1 unspecified atom stereocenters. The van der Waals surface area contributed by atoms with Crippen molar-refractivity contribution in [3.63, 3.8) is 0 Å². The van der Waals surface area contributed by atoms with Crippen molar-refractivity contribution in [1.82, 2.24) is 4.90 Å². The van der Waals surface area contributed by atoms with Crippen molar-refractivity contribution in [3.8, 4) is 0 Å². The van der Waals surface area contributed by atoms with E-state index in [9.17, 15) is 9.50 Å². The highest BCUT2D eigenvalue weighted by Crippen LogP contribution is 2.23. The van der Waals surface area contributed by atoms with E-state index in [0.717, 1.165) is 19.5 Å². The van der Waals surface area contributed by atoms with Gasteiger partial charge in [-0.05, 0) is 35.3 Å². The highest BCUT2D eigenvalue weighted by molar-refractivity contribution is 5.66. The number of rotatable bonds is 4. The second-order valence-corrected chi connectivity index (χ2v) is 5.68. The molecular formula is C19H20FNO. The number of nitrogens with zero attached hydrogens (tertiary/aromatic N) is 1. The lowest BCUT2D eigenvalue weighted by Gasteiger charge is -2.28. The molecule has 1 heterocycles. The van der Waals surface area contributed by atoms with Gasteiger partial charge in [-0.25, -0.2) is 4.39 Å². The Bertz CT molecular complexity index is 653. The molecule has 0 radical (unpaired) electrons. The van der Waals surface area contributed by atoms with Gasteiger partial charge in [0.2, 0.25) is 0 Å². The van der Waals surface area contributed by atoms with E-state index < -0.39 is 6.10 Å². The summed E-state index contributed by atoms with van der Waals surface area (Å²) in [4.78, 5) is 2.20. The second kappa shape index (κ2) is 6.86. The van der Waals surface area contributed by atoms with Crippen LogP contribution in [0, 0.1) is 5.82 Å². The van der Waals surface area contributed by atoms with E-state index in [4.69, 9.17) is 0 Å². The van der Waals surface area contributed by atoms with Gasteiger partial charge in [-0.3, -0.25) is 4.90 Å². The van der Waals surface area contributed by atoms with Crippen molar-refractivity contribution in [2.45, 2.75) is 12.5 Å². The zero-order chi connectivity index (χ0) is 15.4. The fraction of sp³-hybridized carbons (Fsp3) is 0.263. The van der Waals surface area contributed by atoms with E-state index in [1.54, 1.807) is 12.1 Å². The Hall–Kier alpha value is -1.97. The quantitative estimate of drug-likeness (QED) is 0.931. The summed E-state index contributed by atoms with van der Waals surface area (Å²) in [6, 6.07) is 16.6. The Kier molecular flexibility index (Phi) is 4.66. The van der Waals surface area contributed by atoms with Gasteiger partial charge < -0.3 is 5.11 Å². The summed E-state index contributed by atoms with van der Waals surface area (Å²) in [7, 11) is 0. The number of halogens is 1. The maximum absolute atomic E-state index is 13.2. The summed E-state index contributed by atoms with van der Waals surface area (Å²) in [5.41, 5.74) is 3.27. The molecule has 22 heavy (non-hydrogen) atoms. The number of aliphatic hydroxyl groups is 1. The third-order valence-electron chi connectivity index (χ3n) is 4.10. The fourth-order valence-corrected chi connectivity index (χ4v) is 2.86. The molecule has 3 rings (SSSR count). The lowest BCUT2D eigenvalue weighted by atomic mass is 9.99. The number of hydrogen-bond acceptors (Lipinski definition) is 2. The Morgan fingerprint density at radius 1 is 1.09 bits per heavy atom. The molecule has 2 aromatic rings. The van der Waals surface area contributed by atoms with Crippen LogP contribution in [-0.4, -0.2) is 29.6 Å². The number of aliphatic hydroxyl groups excluding tert-OH is 1. The molecule has 0 bridgehead atoms. The van der Waals surface area contributed by atoms with Gasteiger partial charge in [0.15, 0.2) is 0 Å². The van der Waals surface area contributed by atoms with Crippen LogP contribution in [0.4, 0.5) is 4.39 Å². The van der Waals surface area contributed by atoms with Gasteiger partial charge in [-0.2, -0.15) is 0 Å². The number of hydrogen-bond donors (Lipinski definition) is 1. The summed E-state index contributed by atoms with van der Waals surface area (Å²) in [5.74, 6) is -0.304. The van der Waals surface area contributed by atoms with Gasteiger partial charge in [0.25, 0.3) is 0 Å².